The van der Waals surface area contributed by atoms with Crippen LogP contribution in [-0.2, 0) is 11.2 Å². The lowest BCUT2D eigenvalue weighted by Crippen LogP contribution is -2.34. The summed E-state index contributed by atoms with van der Waals surface area (Å²) in [4.78, 5) is 26.3. The van der Waals surface area contributed by atoms with Gasteiger partial charge in [-0.05, 0) is 47.9 Å². The van der Waals surface area contributed by atoms with Crippen LogP contribution < -0.4 is 20.1 Å². The first-order valence-electron chi connectivity index (χ1n) is 10.6. The second kappa shape index (κ2) is 10.6. The van der Waals surface area contributed by atoms with Gasteiger partial charge in [-0.25, -0.2) is 4.39 Å². The Bertz CT molecular complexity index is 1520. The number of carbonyl (C=O) groups is 1. The lowest BCUT2D eigenvalue weighted by Gasteiger charge is -2.06. The predicted molar refractivity (Wildman–Crippen MR) is 131 cm³/mol. The monoisotopic (exact) mass is 469 g/mol. The molecule has 1 heterocycles. The van der Waals surface area contributed by atoms with Crippen molar-refractivity contribution in [3.8, 4) is 11.8 Å². The van der Waals surface area contributed by atoms with Crippen LogP contribution in [0.3, 0.4) is 0 Å². The van der Waals surface area contributed by atoms with Gasteiger partial charge in [-0.1, -0.05) is 60.7 Å². The van der Waals surface area contributed by atoms with Gasteiger partial charge in [-0.3, -0.25) is 14.2 Å². The maximum Gasteiger partial charge on any atom is 0.273 e. The second-order valence-electron chi connectivity index (χ2n) is 7.42. The van der Waals surface area contributed by atoms with Crippen LogP contribution in [0.5, 0.6) is 0 Å². The summed E-state index contributed by atoms with van der Waals surface area (Å²) in [6, 6.07) is 26.3. The van der Waals surface area contributed by atoms with E-state index in [9.17, 15) is 19.2 Å². The molecule has 0 saturated heterocycles. The number of nitrogens with zero attached hydrogens (tertiary/aromatic N) is 2. The van der Waals surface area contributed by atoms with Gasteiger partial charge in [0.05, 0.1) is 10.2 Å². The van der Waals surface area contributed by atoms with Crippen molar-refractivity contribution in [2.45, 2.75) is 6.42 Å². The van der Waals surface area contributed by atoms with E-state index in [1.807, 2.05) is 42.5 Å². The number of halogens is 1. The minimum atomic E-state index is -0.544. The van der Waals surface area contributed by atoms with Crippen molar-refractivity contribution in [1.29, 1.82) is 5.26 Å². The van der Waals surface area contributed by atoms with E-state index in [-0.39, 0.29) is 21.6 Å². The lowest BCUT2D eigenvalue weighted by molar-refractivity contribution is -0.115. The van der Waals surface area contributed by atoms with E-state index in [0.717, 1.165) is 16.9 Å². The Hall–Kier alpha value is -4.28. The Labute approximate surface area is 199 Å². The van der Waals surface area contributed by atoms with Gasteiger partial charge < -0.3 is 5.32 Å². The normalized spacial score (nSPS) is 12.2. The fourth-order valence-corrected chi connectivity index (χ4v) is 4.52. The molecule has 0 aliphatic carbocycles. The van der Waals surface area contributed by atoms with Crippen LogP contribution in [0, 0.1) is 17.1 Å². The van der Waals surface area contributed by atoms with Crippen molar-refractivity contribution in [3.63, 3.8) is 0 Å². The third-order valence-electron chi connectivity index (χ3n) is 5.10. The molecule has 34 heavy (non-hydrogen) atoms. The molecule has 0 spiro atoms. The molecule has 4 rings (SSSR count). The number of carbonyl (C=O) groups excluding carboxylic acids is 1. The summed E-state index contributed by atoms with van der Waals surface area (Å²) < 4.78 is 15.2. The lowest BCUT2D eigenvalue weighted by atomic mass is 10.1. The number of hydrogen-bond donors (Lipinski definition) is 1. The number of thiazole rings is 1. The van der Waals surface area contributed by atoms with E-state index in [1.165, 1.54) is 16.7 Å². The van der Waals surface area contributed by atoms with Crippen LogP contribution in [0.15, 0.2) is 89.7 Å². The summed E-state index contributed by atoms with van der Waals surface area (Å²) in [5, 5.41) is 12.6. The molecule has 0 bridgehead atoms. The fraction of sp³-hybridized carbons (Fsp3) is 0.0741. The molecule has 5 nitrogen and oxygen atoms in total. The number of para-hydroxylation sites is 1. The van der Waals surface area contributed by atoms with E-state index in [2.05, 4.69) is 5.32 Å². The maximum absolute atomic E-state index is 13.3. The highest BCUT2D eigenvalue weighted by molar-refractivity contribution is 7.07. The molecule has 3 aromatic carbocycles. The number of nitrogens with one attached hydrogen (secondary N) is 1. The van der Waals surface area contributed by atoms with Crippen molar-refractivity contribution in [2.75, 3.05) is 6.54 Å². The summed E-state index contributed by atoms with van der Waals surface area (Å²) in [5.41, 5.74) is 1.74. The average Bonchev–Trinajstić information content (AvgIpc) is 3.17. The average molecular weight is 470 g/mol. The molecule has 1 amide bonds. The van der Waals surface area contributed by atoms with Gasteiger partial charge in [-0.2, -0.15) is 5.26 Å². The minimum absolute atomic E-state index is 0.141. The summed E-state index contributed by atoms with van der Waals surface area (Å²) >= 11 is 1.05. The van der Waals surface area contributed by atoms with Crippen LogP contribution in [0.1, 0.15) is 11.1 Å². The Balaban J connectivity index is 1.79. The molecule has 0 fully saturated rings. The molecule has 0 atom stereocenters. The Morgan fingerprint density at radius 2 is 1.65 bits per heavy atom. The van der Waals surface area contributed by atoms with Crippen molar-refractivity contribution < 1.29 is 9.18 Å². The highest BCUT2D eigenvalue weighted by Crippen LogP contribution is 2.06. The smallest absolute Gasteiger partial charge is 0.273 e. The summed E-state index contributed by atoms with van der Waals surface area (Å²) in [7, 11) is 0. The van der Waals surface area contributed by atoms with Gasteiger partial charge in [0.15, 0.2) is 5.57 Å². The zero-order valence-electron chi connectivity index (χ0n) is 18.1. The van der Waals surface area contributed by atoms with E-state index < -0.39 is 5.91 Å². The summed E-state index contributed by atoms with van der Waals surface area (Å²) in [6.45, 7) is 0.351. The first-order chi connectivity index (χ1) is 16.6. The number of benzene rings is 3. The second-order valence-corrected chi connectivity index (χ2v) is 8.45. The molecule has 0 radical (unpaired) electrons. The summed E-state index contributed by atoms with van der Waals surface area (Å²) in [6.07, 6.45) is 2.24. The molecule has 7 heteroatoms. The zero-order chi connectivity index (χ0) is 23.9. The van der Waals surface area contributed by atoms with Gasteiger partial charge in [-0.15, -0.1) is 11.3 Å². The number of hydrogen-bond acceptors (Lipinski definition) is 4. The van der Waals surface area contributed by atoms with Crippen molar-refractivity contribution in [3.05, 3.63) is 121 Å². The van der Waals surface area contributed by atoms with Gasteiger partial charge in [0.1, 0.15) is 16.5 Å². The van der Waals surface area contributed by atoms with E-state index >= 15 is 0 Å². The fourth-order valence-electron chi connectivity index (χ4n) is 3.42. The van der Waals surface area contributed by atoms with Gasteiger partial charge in [0, 0.05) is 6.54 Å². The largest absolute Gasteiger partial charge is 0.351 e. The van der Waals surface area contributed by atoms with Crippen molar-refractivity contribution in [2.24, 2.45) is 0 Å². The van der Waals surface area contributed by atoms with Gasteiger partial charge in [0.2, 0.25) is 0 Å². The Morgan fingerprint density at radius 3 is 2.29 bits per heavy atom. The molecule has 1 aromatic heterocycles. The first kappa shape index (κ1) is 22.9. The Morgan fingerprint density at radius 1 is 1.00 bits per heavy atom. The topological polar surface area (TPSA) is 74.9 Å². The quantitative estimate of drug-likeness (QED) is 0.472. The van der Waals surface area contributed by atoms with Crippen LogP contribution in [0.2, 0.25) is 0 Å². The number of rotatable bonds is 6. The molecule has 1 N–H and O–H groups in total. The van der Waals surface area contributed by atoms with Crippen LogP contribution in [0.4, 0.5) is 4.39 Å². The molecule has 0 unspecified atom stereocenters. The highest BCUT2D eigenvalue weighted by atomic mass is 32.1. The van der Waals surface area contributed by atoms with E-state index in [0.29, 0.717) is 28.7 Å². The third-order valence-corrected chi connectivity index (χ3v) is 6.19. The van der Waals surface area contributed by atoms with Crippen molar-refractivity contribution in [1.82, 2.24) is 9.88 Å². The molecular weight excluding hydrogens is 449 g/mol. The molecule has 4 aromatic rings. The third kappa shape index (κ3) is 5.20. The number of aromatic nitrogens is 1. The Kier molecular flexibility index (Phi) is 7.11. The maximum atomic E-state index is 13.3. The van der Waals surface area contributed by atoms with Gasteiger partial charge in [0.25, 0.3) is 11.5 Å². The van der Waals surface area contributed by atoms with E-state index in [1.54, 1.807) is 42.5 Å². The van der Waals surface area contributed by atoms with Crippen LogP contribution in [0.25, 0.3) is 17.3 Å². The van der Waals surface area contributed by atoms with Crippen LogP contribution >= 0.6 is 11.3 Å². The van der Waals surface area contributed by atoms with E-state index in [4.69, 9.17) is 0 Å². The zero-order valence-corrected chi connectivity index (χ0v) is 18.9. The first-order valence-corrected chi connectivity index (χ1v) is 11.4. The number of amides is 1. The molecule has 0 aliphatic heterocycles. The molecule has 0 saturated carbocycles. The minimum Gasteiger partial charge on any atom is -0.351 e. The summed E-state index contributed by atoms with van der Waals surface area (Å²) in [5.74, 6) is -0.921. The molecule has 0 aliphatic rings. The molecular formula is C27H20FN3O2S. The standard InChI is InChI=1S/C27H20FN3O2S/c28-21-13-11-20(12-14-21)17-24-26(33)31(22-9-5-2-6-10-22)27(34-24)23(18-29)25(32)30-16-15-19-7-3-1-4-8-19/h1-14,17H,15-16H2,(H,30,32)/b24-17+,27-23+. The predicted octanol–water partition coefficient (Wildman–Crippen LogP) is 2.90. The number of nitriles is 1. The van der Waals surface area contributed by atoms with Crippen LogP contribution in [-0.4, -0.2) is 17.0 Å². The highest BCUT2D eigenvalue weighted by Gasteiger charge is 2.16. The van der Waals surface area contributed by atoms with Crippen molar-refractivity contribution >= 4 is 28.9 Å². The molecule has 168 valence electrons. The SMILES string of the molecule is N#C/C(C(=O)NCCc1ccccc1)=c1\s/c(=C/c2ccc(F)cc2)c(=O)n1-c1ccccc1. The van der Waals surface area contributed by atoms with Gasteiger partial charge >= 0.3 is 0 Å².